The minimum absolute atomic E-state index is 0.131. The van der Waals surface area contributed by atoms with Gasteiger partial charge in [0.2, 0.25) is 0 Å². The zero-order valence-corrected chi connectivity index (χ0v) is 12.0. The lowest BCUT2D eigenvalue weighted by atomic mass is 10.2. The number of rotatable bonds is 3. The number of nitrogens with zero attached hydrogens (tertiary/aromatic N) is 1. The van der Waals surface area contributed by atoms with Crippen molar-refractivity contribution in [3.8, 4) is 0 Å². The van der Waals surface area contributed by atoms with Gasteiger partial charge in [0.05, 0.1) is 4.92 Å². The molecule has 5 heteroatoms. The van der Waals surface area contributed by atoms with E-state index in [2.05, 4.69) is 15.9 Å². The van der Waals surface area contributed by atoms with E-state index < -0.39 is 0 Å². The van der Waals surface area contributed by atoms with Crippen molar-refractivity contribution < 1.29 is 4.92 Å². The molecule has 0 aliphatic carbocycles. The Kier molecular flexibility index (Phi) is 4.04. The molecule has 2 aromatic rings. The number of hydrogen-bond donors (Lipinski definition) is 0. The molecule has 0 unspecified atom stereocenters. The molecular formula is C13H10BrNO2S. The van der Waals surface area contributed by atoms with E-state index in [1.807, 2.05) is 31.2 Å². The van der Waals surface area contributed by atoms with E-state index in [9.17, 15) is 10.1 Å². The fourth-order valence-corrected chi connectivity index (χ4v) is 3.01. The topological polar surface area (TPSA) is 43.1 Å². The molecule has 0 aromatic heterocycles. The summed E-state index contributed by atoms with van der Waals surface area (Å²) in [5, 5.41) is 10.7. The molecule has 0 atom stereocenters. The van der Waals surface area contributed by atoms with Crippen LogP contribution in [0.3, 0.4) is 0 Å². The molecule has 0 amide bonds. The fourth-order valence-electron chi connectivity index (χ4n) is 1.52. The summed E-state index contributed by atoms with van der Waals surface area (Å²) in [6.45, 7) is 1.88. The Morgan fingerprint density at radius 3 is 2.61 bits per heavy atom. The van der Waals surface area contributed by atoms with Gasteiger partial charge in [-0.15, -0.1) is 0 Å². The third-order valence-electron chi connectivity index (χ3n) is 2.39. The van der Waals surface area contributed by atoms with Crippen molar-refractivity contribution in [2.24, 2.45) is 0 Å². The highest BCUT2D eigenvalue weighted by Crippen LogP contribution is 2.33. The molecule has 0 fully saturated rings. The zero-order chi connectivity index (χ0) is 13.1. The van der Waals surface area contributed by atoms with Crippen LogP contribution in [0.2, 0.25) is 0 Å². The minimum Gasteiger partial charge on any atom is -0.258 e. The summed E-state index contributed by atoms with van der Waals surface area (Å²) in [4.78, 5) is 12.4. The van der Waals surface area contributed by atoms with E-state index in [0.29, 0.717) is 0 Å². The number of benzene rings is 2. The molecule has 18 heavy (non-hydrogen) atoms. The van der Waals surface area contributed by atoms with Gasteiger partial charge in [0, 0.05) is 26.4 Å². The summed E-state index contributed by atoms with van der Waals surface area (Å²) in [5.74, 6) is 0. The van der Waals surface area contributed by atoms with Gasteiger partial charge in [0.15, 0.2) is 0 Å². The summed E-state index contributed by atoms with van der Waals surface area (Å²) in [6.07, 6.45) is 0. The maximum absolute atomic E-state index is 10.7. The van der Waals surface area contributed by atoms with Gasteiger partial charge in [0.1, 0.15) is 0 Å². The van der Waals surface area contributed by atoms with E-state index in [-0.39, 0.29) is 10.6 Å². The summed E-state index contributed by atoms with van der Waals surface area (Å²) in [5.41, 5.74) is 1.04. The van der Waals surface area contributed by atoms with E-state index in [1.54, 1.807) is 23.9 Å². The molecule has 0 bridgehead atoms. The van der Waals surface area contributed by atoms with Crippen LogP contribution in [-0.2, 0) is 0 Å². The molecule has 2 rings (SSSR count). The van der Waals surface area contributed by atoms with Crippen molar-refractivity contribution in [3.05, 3.63) is 62.6 Å². The summed E-state index contributed by atoms with van der Waals surface area (Å²) >= 11 is 5.02. The van der Waals surface area contributed by atoms with Crippen molar-refractivity contribution in [2.75, 3.05) is 0 Å². The van der Waals surface area contributed by atoms with Gasteiger partial charge >= 0.3 is 0 Å². The van der Waals surface area contributed by atoms with Gasteiger partial charge in [-0.25, -0.2) is 0 Å². The van der Waals surface area contributed by atoms with Crippen LogP contribution in [0.1, 0.15) is 5.56 Å². The van der Waals surface area contributed by atoms with Gasteiger partial charge in [-0.3, -0.25) is 10.1 Å². The van der Waals surface area contributed by atoms with Crippen LogP contribution in [0.15, 0.2) is 56.7 Å². The third kappa shape index (κ3) is 3.11. The lowest BCUT2D eigenvalue weighted by molar-refractivity contribution is -0.385. The predicted molar refractivity (Wildman–Crippen MR) is 76.1 cm³/mol. The van der Waals surface area contributed by atoms with Crippen molar-refractivity contribution in [1.29, 1.82) is 0 Å². The second-order valence-electron chi connectivity index (χ2n) is 3.77. The molecule has 0 spiro atoms. The van der Waals surface area contributed by atoms with Gasteiger partial charge in [-0.1, -0.05) is 33.8 Å². The lowest BCUT2D eigenvalue weighted by Crippen LogP contribution is -1.89. The van der Waals surface area contributed by atoms with E-state index in [0.717, 1.165) is 19.8 Å². The maximum Gasteiger partial charge on any atom is 0.269 e. The SMILES string of the molecule is Cc1cc([N+](=O)[O-])ccc1Sc1cccc(Br)c1. The van der Waals surface area contributed by atoms with Crippen LogP contribution in [0.5, 0.6) is 0 Å². The van der Waals surface area contributed by atoms with Crippen LogP contribution >= 0.6 is 27.7 Å². The molecule has 0 radical (unpaired) electrons. The molecule has 3 nitrogen and oxygen atoms in total. The van der Waals surface area contributed by atoms with E-state index >= 15 is 0 Å². The molecule has 0 N–H and O–H groups in total. The quantitative estimate of drug-likeness (QED) is 0.601. The zero-order valence-electron chi connectivity index (χ0n) is 9.59. The summed E-state index contributed by atoms with van der Waals surface area (Å²) in [6, 6.07) is 12.9. The van der Waals surface area contributed by atoms with Crippen LogP contribution in [0, 0.1) is 17.0 Å². The van der Waals surface area contributed by atoms with Crippen molar-refractivity contribution in [1.82, 2.24) is 0 Å². The Labute approximate surface area is 117 Å². The number of nitro benzene ring substituents is 1. The molecule has 0 aliphatic heterocycles. The van der Waals surface area contributed by atoms with Gasteiger partial charge in [0.25, 0.3) is 5.69 Å². The van der Waals surface area contributed by atoms with Crippen LogP contribution in [0.4, 0.5) is 5.69 Å². The lowest BCUT2D eigenvalue weighted by Gasteiger charge is -2.05. The number of aryl methyl sites for hydroxylation is 1. The molecule has 0 aliphatic rings. The molecular weight excluding hydrogens is 314 g/mol. The minimum atomic E-state index is -0.374. The first-order valence-corrected chi connectivity index (χ1v) is 6.85. The summed E-state index contributed by atoms with van der Waals surface area (Å²) < 4.78 is 1.02. The Balaban J connectivity index is 2.27. The average molecular weight is 324 g/mol. The Bertz CT molecular complexity index is 601. The normalized spacial score (nSPS) is 10.3. The second-order valence-corrected chi connectivity index (χ2v) is 5.80. The van der Waals surface area contributed by atoms with Crippen LogP contribution in [-0.4, -0.2) is 4.92 Å². The predicted octanol–water partition coefficient (Wildman–Crippen LogP) is 4.82. The summed E-state index contributed by atoms with van der Waals surface area (Å²) in [7, 11) is 0. The van der Waals surface area contributed by atoms with E-state index in [1.165, 1.54) is 6.07 Å². The molecule has 0 saturated heterocycles. The molecule has 0 heterocycles. The van der Waals surface area contributed by atoms with Crippen molar-refractivity contribution in [2.45, 2.75) is 16.7 Å². The highest BCUT2D eigenvalue weighted by Gasteiger charge is 2.09. The first-order chi connectivity index (χ1) is 8.56. The van der Waals surface area contributed by atoms with Gasteiger partial charge in [-0.2, -0.15) is 0 Å². The van der Waals surface area contributed by atoms with Crippen molar-refractivity contribution in [3.63, 3.8) is 0 Å². The molecule has 92 valence electrons. The van der Waals surface area contributed by atoms with Gasteiger partial charge < -0.3 is 0 Å². The Morgan fingerprint density at radius 2 is 2.00 bits per heavy atom. The second kappa shape index (κ2) is 5.54. The highest BCUT2D eigenvalue weighted by atomic mass is 79.9. The first kappa shape index (κ1) is 13.1. The van der Waals surface area contributed by atoms with Crippen LogP contribution < -0.4 is 0 Å². The number of hydrogen-bond acceptors (Lipinski definition) is 3. The number of halogens is 1. The smallest absolute Gasteiger partial charge is 0.258 e. The average Bonchev–Trinajstić information content (AvgIpc) is 2.31. The monoisotopic (exact) mass is 323 g/mol. The van der Waals surface area contributed by atoms with E-state index in [4.69, 9.17) is 0 Å². The number of nitro groups is 1. The Hall–Kier alpha value is -1.33. The molecule has 2 aromatic carbocycles. The van der Waals surface area contributed by atoms with Gasteiger partial charge in [-0.05, 0) is 36.8 Å². The largest absolute Gasteiger partial charge is 0.269 e. The first-order valence-electron chi connectivity index (χ1n) is 5.25. The molecule has 0 saturated carbocycles. The maximum atomic E-state index is 10.7. The third-order valence-corrected chi connectivity index (χ3v) is 4.05. The standard InChI is InChI=1S/C13H10BrNO2S/c1-9-7-11(15(16)17)5-6-13(9)18-12-4-2-3-10(14)8-12/h2-8H,1H3. The number of non-ortho nitro benzene ring substituents is 1. The van der Waals surface area contributed by atoms with Crippen molar-refractivity contribution >= 4 is 33.4 Å². The fraction of sp³-hybridized carbons (Fsp3) is 0.0769. The van der Waals surface area contributed by atoms with Crippen LogP contribution in [0.25, 0.3) is 0 Å². The Morgan fingerprint density at radius 1 is 1.22 bits per heavy atom. The highest BCUT2D eigenvalue weighted by molar-refractivity contribution is 9.10.